The zero-order valence-corrected chi connectivity index (χ0v) is 23.2. The van der Waals surface area contributed by atoms with Crippen molar-refractivity contribution in [1.82, 2.24) is 9.29 Å². The molecule has 5 rings (SSSR count). The number of carbonyl (C=O) groups excluding carboxylic acids is 1. The van der Waals surface area contributed by atoms with Crippen LogP contribution in [0.15, 0.2) is 71.6 Å². The summed E-state index contributed by atoms with van der Waals surface area (Å²) < 4.78 is 40.2. The molecule has 1 aliphatic heterocycles. The van der Waals surface area contributed by atoms with Crippen molar-refractivity contribution in [3.05, 3.63) is 77.3 Å². The van der Waals surface area contributed by atoms with Gasteiger partial charge in [-0.1, -0.05) is 53.3 Å². The molecule has 198 valence electrons. The number of nitrogens with zero attached hydrogens (tertiary/aromatic N) is 3. The highest BCUT2D eigenvalue weighted by molar-refractivity contribution is 7.89. The second-order valence-electron chi connectivity index (χ2n) is 8.78. The number of ether oxygens (including phenoxy) is 2. The van der Waals surface area contributed by atoms with Crippen LogP contribution in [0.5, 0.6) is 11.5 Å². The van der Waals surface area contributed by atoms with Crippen molar-refractivity contribution >= 4 is 54.2 Å². The lowest BCUT2D eigenvalue weighted by Crippen LogP contribution is -2.47. The molecule has 11 heteroatoms. The van der Waals surface area contributed by atoms with Gasteiger partial charge in [-0.05, 0) is 54.8 Å². The number of rotatable bonds is 8. The average molecular weight is 572 g/mol. The van der Waals surface area contributed by atoms with Crippen LogP contribution >= 0.6 is 22.9 Å². The zero-order valence-electron chi connectivity index (χ0n) is 20.8. The van der Waals surface area contributed by atoms with E-state index < -0.39 is 16.1 Å². The Bertz CT molecular complexity index is 1520. The molecule has 8 nitrogen and oxygen atoms in total. The molecule has 0 N–H and O–H groups in total. The molecule has 1 amide bonds. The maximum atomic E-state index is 14.2. The predicted molar refractivity (Wildman–Crippen MR) is 149 cm³/mol. The monoisotopic (exact) mass is 571 g/mol. The summed E-state index contributed by atoms with van der Waals surface area (Å²) in [6, 6.07) is 18.2. The highest BCUT2D eigenvalue weighted by atomic mass is 35.5. The van der Waals surface area contributed by atoms with Gasteiger partial charge in [-0.25, -0.2) is 13.4 Å². The highest BCUT2D eigenvalue weighted by Crippen LogP contribution is 2.41. The first-order valence-electron chi connectivity index (χ1n) is 12.0. The normalized spacial score (nSPS) is 16.0. The van der Waals surface area contributed by atoms with Crippen LogP contribution in [-0.2, 0) is 21.4 Å². The number of fused-ring (bicyclic) bond motifs is 1. The third kappa shape index (κ3) is 4.96. The quantitative estimate of drug-likeness (QED) is 0.283. The Balaban J connectivity index is 1.56. The Hall–Kier alpha value is -3.18. The Morgan fingerprint density at radius 1 is 1.05 bits per heavy atom. The molecule has 1 aromatic heterocycles. The number of hydrogen-bond donors (Lipinski definition) is 0. The SMILES string of the molecule is COc1ccc(OC)c2sc(N(Cc3ccccc3)C(=O)C3CCCN3S(=O)(=O)c3ccc(Cl)cc3)nc12. The van der Waals surface area contributed by atoms with Crippen molar-refractivity contribution in [3.63, 3.8) is 0 Å². The maximum Gasteiger partial charge on any atom is 0.247 e. The third-order valence-electron chi connectivity index (χ3n) is 6.49. The van der Waals surface area contributed by atoms with Crippen molar-refractivity contribution in [3.8, 4) is 11.5 Å². The first-order valence-corrected chi connectivity index (χ1v) is 14.6. The van der Waals surface area contributed by atoms with Gasteiger partial charge in [-0.15, -0.1) is 0 Å². The van der Waals surface area contributed by atoms with Crippen LogP contribution in [0.3, 0.4) is 0 Å². The van der Waals surface area contributed by atoms with Crippen LogP contribution in [0.4, 0.5) is 5.13 Å². The topological polar surface area (TPSA) is 89.0 Å². The fourth-order valence-corrected chi connectivity index (χ4v) is 7.45. The van der Waals surface area contributed by atoms with Crippen LogP contribution in [0.25, 0.3) is 10.2 Å². The number of aromatic nitrogens is 1. The Morgan fingerprint density at radius 3 is 2.42 bits per heavy atom. The average Bonchev–Trinajstić information content (AvgIpc) is 3.60. The third-order valence-corrected chi connectivity index (χ3v) is 9.76. The maximum absolute atomic E-state index is 14.2. The van der Waals surface area contributed by atoms with E-state index in [4.69, 9.17) is 26.1 Å². The first-order chi connectivity index (χ1) is 18.3. The van der Waals surface area contributed by atoms with E-state index >= 15 is 0 Å². The number of anilines is 1. The number of halogens is 1. The van der Waals surface area contributed by atoms with Crippen LogP contribution < -0.4 is 14.4 Å². The molecule has 3 aromatic carbocycles. The Morgan fingerprint density at radius 2 is 1.74 bits per heavy atom. The van der Waals surface area contributed by atoms with Crippen molar-refractivity contribution < 1.29 is 22.7 Å². The van der Waals surface area contributed by atoms with Crippen LogP contribution in [0, 0.1) is 0 Å². The number of sulfonamides is 1. The van der Waals surface area contributed by atoms with Gasteiger partial charge in [0.1, 0.15) is 27.8 Å². The molecule has 1 unspecified atom stereocenters. The largest absolute Gasteiger partial charge is 0.495 e. The summed E-state index contributed by atoms with van der Waals surface area (Å²) in [4.78, 5) is 20.6. The van der Waals surface area contributed by atoms with E-state index in [1.165, 1.54) is 39.9 Å². The molecular weight excluding hydrogens is 546 g/mol. The van der Waals surface area contributed by atoms with E-state index in [1.807, 2.05) is 30.3 Å². The van der Waals surface area contributed by atoms with Gasteiger partial charge in [-0.3, -0.25) is 9.69 Å². The standard InChI is InChI=1S/C27H26ClN3O5S2/c1-35-22-14-15-23(36-2)25-24(22)29-27(37-25)30(17-18-7-4-3-5-8-18)26(32)21-9-6-16-31(21)38(33,34)20-12-10-19(28)11-13-20/h3-5,7-8,10-15,21H,6,9,16-17H2,1-2H3. The molecule has 1 aliphatic rings. The number of carbonyl (C=O) groups is 1. The zero-order chi connectivity index (χ0) is 26.9. The molecule has 1 saturated heterocycles. The lowest BCUT2D eigenvalue weighted by Gasteiger charge is -2.28. The van der Waals surface area contributed by atoms with Gasteiger partial charge in [0.25, 0.3) is 0 Å². The molecule has 0 spiro atoms. The summed E-state index contributed by atoms with van der Waals surface area (Å²) in [5.74, 6) is 0.841. The van der Waals surface area contributed by atoms with Crippen molar-refractivity contribution in [1.29, 1.82) is 0 Å². The van der Waals surface area contributed by atoms with Gasteiger partial charge in [0.15, 0.2) is 5.13 Å². The molecule has 0 aliphatic carbocycles. The van der Waals surface area contributed by atoms with Crippen LogP contribution in [-0.4, -0.2) is 50.4 Å². The fraction of sp³-hybridized carbons (Fsp3) is 0.259. The lowest BCUT2D eigenvalue weighted by atomic mass is 10.1. The summed E-state index contributed by atoms with van der Waals surface area (Å²) in [5.41, 5.74) is 1.47. The molecule has 1 atom stereocenters. The van der Waals surface area contributed by atoms with Gasteiger partial charge in [-0.2, -0.15) is 4.31 Å². The number of amides is 1. The van der Waals surface area contributed by atoms with Crippen molar-refractivity contribution in [2.75, 3.05) is 25.7 Å². The minimum atomic E-state index is -3.91. The van der Waals surface area contributed by atoms with E-state index in [2.05, 4.69) is 0 Å². The van der Waals surface area contributed by atoms with E-state index in [1.54, 1.807) is 31.3 Å². The van der Waals surface area contributed by atoms with Crippen molar-refractivity contribution in [2.24, 2.45) is 0 Å². The van der Waals surface area contributed by atoms with E-state index in [9.17, 15) is 13.2 Å². The Labute approximate surface area is 230 Å². The smallest absolute Gasteiger partial charge is 0.247 e. The summed E-state index contributed by atoms with van der Waals surface area (Å²) in [6.45, 7) is 0.484. The number of benzene rings is 3. The van der Waals surface area contributed by atoms with Gasteiger partial charge in [0, 0.05) is 11.6 Å². The molecule has 1 fully saturated rings. The molecule has 0 saturated carbocycles. The van der Waals surface area contributed by atoms with Crippen molar-refractivity contribution in [2.45, 2.75) is 30.3 Å². The summed E-state index contributed by atoms with van der Waals surface area (Å²) in [5, 5.41) is 0.876. The van der Waals surface area contributed by atoms with Crippen LogP contribution in [0.1, 0.15) is 18.4 Å². The minimum absolute atomic E-state index is 0.102. The summed E-state index contributed by atoms with van der Waals surface area (Å²) in [6.07, 6.45) is 0.984. The van der Waals surface area contributed by atoms with Crippen LogP contribution in [0.2, 0.25) is 5.02 Å². The number of hydrogen-bond acceptors (Lipinski definition) is 7. The van der Waals surface area contributed by atoms with Gasteiger partial charge < -0.3 is 9.47 Å². The number of thiazole rings is 1. The van der Waals surface area contributed by atoms with Gasteiger partial charge in [0.2, 0.25) is 15.9 Å². The van der Waals surface area contributed by atoms with E-state index in [0.29, 0.717) is 40.0 Å². The summed E-state index contributed by atoms with van der Waals surface area (Å²) >= 11 is 7.28. The number of methoxy groups -OCH3 is 2. The minimum Gasteiger partial charge on any atom is -0.495 e. The van der Waals surface area contributed by atoms with Gasteiger partial charge >= 0.3 is 0 Å². The second kappa shape index (κ2) is 10.9. The molecule has 0 bridgehead atoms. The molecular formula is C27H26ClN3O5S2. The fourth-order valence-electron chi connectivity index (χ4n) is 4.59. The molecule has 2 heterocycles. The van der Waals surface area contributed by atoms with E-state index in [0.717, 1.165) is 10.3 Å². The highest BCUT2D eigenvalue weighted by Gasteiger charge is 2.42. The molecule has 38 heavy (non-hydrogen) atoms. The summed E-state index contributed by atoms with van der Waals surface area (Å²) in [7, 11) is -0.778. The second-order valence-corrected chi connectivity index (χ2v) is 12.1. The molecule has 4 aromatic rings. The van der Waals surface area contributed by atoms with Gasteiger partial charge in [0.05, 0.1) is 25.7 Å². The predicted octanol–water partition coefficient (Wildman–Crippen LogP) is 5.35. The Kier molecular flexibility index (Phi) is 7.58. The lowest BCUT2D eigenvalue weighted by molar-refractivity contribution is -0.121. The van der Waals surface area contributed by atoms with E-state index in [-0.39, 0.29) is 23.9 Å². The molecule has 0 radical (unpaired) electrons. The first kappa shape index (κ1) is 26.4.